The number of pyridine rings is 1. The Morgan fingerprint density at radius 3 is 2.90 bits per heavy atom. The Labute approximate surface area is 118 Å². The van der Waals surface area contributed by atoms with Crippen LogP contribution < -0.4 is 10.4 Å². The summed E-state index contributed by atoms with van der Waals surface area (Å²) < 4.78 is 5.63. The van der Waals surface area contributed by atoms with Gasteiger partial charge in [-0.05, 0) is 29.2 Å². The van der Waals surface area contributed by atoms with E-state index in [4.69, 9.17) is 11.2 Å². The number of hydrogen-bond acceptors (Lipinski definition) is 3. The maximum Gasteiger partial charge on any atom is 0.324 e. The first kappa shape index (κ1) is 12.7. The highest BCUT2D eigenvalue weighted by atomic mass is 16.4. The van der Waals surface area contributed by atoms with Crippen molar-refractivity contribution in [1.29, 1.82) is 0 Å². The van der Waals surface area contributed by atoms with Crippen LogP contribution in [0.15, 0.2) is 36.5 Å². The van der Waals surface area contributed by atoms with E-state index in [-0.39, 0.29) is 6.92 Å². The Balaban J connectivity index is 1.90. The molecule has 0 saturated carbocycles. The third kappa shape index (κ3) is 2.15. The van der Waals surface area contributed by atoms with E-state index in [0.29, 0.717) is 12.3 Å². The molecular formula is C15H14BN3O. The van der Waals surface area contributed by atoms with E-state index in [9.17, 15) is 0 Å². The van der Waals surface area contributed by atoms with Crippen LogP contribution in [0, 0.1) is 6.57 Å². The molecule has 2 heterocycles. The van der Waals surface area contributed by atoms with Crippen LogP contribution in [0.2, 0.25) is 6.82 Å². The summed E-state index contributed by atoms with van der Waals surface area (Å²) in [5, 5.41) is 0. The zero-order valence-corrected chi connectivity index (χ0v) is 11.5. The Hall–Kier alpha value is -2.32. The molecule has 5 heteroatoms. The molecule has 4 nitrogen and oxygen atoms in total. The van der Waals surface area contributed by atoms with Crippen LogP contribution in [0.3, 0.4) is 0 Å². The Kier molecular flexibility index (Phi) is 3.17. The average Bonchev–Trinajstić information content (AvgIpc) is 2.87. The van der Waals surface area contributed by atoms with Gasteiger partial charge in [-0.3, -0.25) is 4.98 Å². The molecule has 0 radical (unpaired) electrons. The molecule has 0 N–H and O–H groups in total. The minimum atomic E-state index is 0.181. The lowest BCUT2D eigenvalue weighted by Crippen LogP contribution is -2.24. The van der Waals surface area contributed by atoms with Crippen molar-refractivity contribution in [2.24, 2.45) is 0 Å². The van der Waals surface area contributed by atoms with Gasteiger partial charge in [0.15, 0.2) is 0 Å². The van der Waals surface area contributed by atoms with E-state index in [1.54, 1.807) is 12.3 Å². The van der Waals surface area contributed by atoms with Crippen LogP contribution in [-0.2, 0) is 11.3 Å². The van der Waals surface area contributed by atoms with Crippen molar-refractivity contribution in [1.82, 2.24) is 4.98 Å². The largest absolute Gasteiger partial charge is 0.427 e. The van der Waals surface area contributed by atoms with Gasteiger partial charge in [-0.25, -0.2) is 4.85 Å². The summed E-state index contributed by atoms with van der Waals surface area (Å²) >= 11 is 0. The number of rotatable bonds is 2. The van der Waals surface area contributed by atoms with Crippen LogP contribution in [0.4, 0.5) is 17.2 Å². The number of nitrogens with zero attached hydrogens (tertiary/aromatic N) is 3. The van der Waals surface area contributed by atoms with Crippen molar-refractivity contribution in [2.45, 2.75) is 13.4 Å². The molecule has 0 saturated heterocycles. The predicted octanol–water partition coefficient (Wildman–Crippen LogP) is 2.76. The van der Waals surface area contributed by atoms with Crippen molar-refractivity contribution in [3.63, 3.8) is 0 Å². The summed E-state index contributed by atoms with van der Waals surface area (Å²) in [5.74, 6) is 0.823. The number of fused-ring (bicyclic) bond motifs is 1. The molecule has 1 aliphatic heterocycles. The maximum absolute atomic E-state index is 6.95. The van der Waals surface area contributed by atoms with E-state index in [1.807, 2.05) is 18.0 Å². The van der Waals surface area contributed by atoms with Gasteiger partial charge in [0.1, 0.15) is 5.82 Å². The third-order valence-corrected chi connectivity index (χ3v) is 3.65. The van der Waals surface area contributed by atoms with Gasteiger partial charge < -0.3 is 9.55 Å². The summed E-state index contributed by atoms with van der Waals surface area (Å²) in [4.78, 5) is 9.68. The van der Waals surface area contributed by atoms with Gasteiger partial charge in [0.05, 0.1) is 13.2 Å². The zero-order chi connectivity index (χ0) is 14.1. The van der Waals surface area contributed by atoms with Crippen LogP contribution in [0.1, 0.15) is 5.56 Å². The molecule has 0 amide bonds. The topological polar surface area (TPSA) is 29.7 Å². The first-order valence-electron chi connectivity index (χ1n) is 6.50. The summed E-state index contributed by atoms with van der Waals surface area (Å²) in [5.41, 5.74) is 4.13. The van der Waals surface area contributed by atoms with Gasteiger partial charge >= 0.3 is 6.92 Å². The molecule has 0 fully saturated rings. The van der Waals surface area contributed by atoms with E-state index < -0.39 is 0 Å². The molecule has 20 heavy (non-hydrogen) atoms. The van der Waals surface area contributed by atoms with E-state index >= 15 is 0 Å². The average molecular weight is 263 g/mol. The van der Waals surface area contributed by atoms with E-state index in [0.717, 1.165) is 11.5 Å². The highest BCUT2D eigenvalue weighted by Crippen LogP contribution is 2.25. The first-order chi connectivity index (χ1) is 9.69. The van der Waals surface area contributed by atoms with E-state index in [2.05, 4.69) is 34.9 Å². The van der Waals surface area contributed by atoms with Gasteiger partial charge in [-0.1, -0.05) is 19.0 Å². The van der Waals surface area contributed by atoms with Crippen LogP contribution in [0.25, 0.3) is 4.85 Å². The lowest BCUT2D eigenvalue weighted by molar-refractivity contribution is 0.333. The SMILES string of the molecule is [C-]#[N+]c1ccc(N(C)c2ccc3c(c2)COB3C)nc1. The number of hydrogen-bond donors (Lipinski definition) is 0. The van der Waals surface area contributed by atoms with Crippen molar-refractivity contribution in [2.75, 3.05) is 11.9 Å². The zero-order valence-electron chi connectivity index (χ0n) is 11.5. The molecule has 2 aromatic rings. The molecule has 3 rings (SSSR count). The van der Waals surface area contributed by atoms with Crippen LogP contribution >= 0.6 is 0 Å². The fourth-order valence-corrected chi connectivity index (χ4v) is 2.40. The molecule has 0 bridgehead atoms. The van der Waals surface area contributed by atoms with Gasteiger partial charge in [-0.15, -0.1) is 0 Å². The second-order valence-electron chi connectivity index (χ2n) is 4.88. The lowest BCUT2D eigenvalue weighted by Gasteiger charge is -2.19. The van der Waals surface area contributed by atoms with Crippen molar-refractivity contribution in [3.05, 3.63) is 53.5 Å². The molecule has 98 valence electrons. The van der Waals surface area contributed by atoms with Crippen molar-refractivity contribution in [3.8, 4) is 0 Å². The molecule has 1 aliphatic rings. The highest BCUT2D eigenvalue weighted by molar-refractivity contribution is 6.67. The monoisotopic (exact) mass is 263 g/mol. The van der Waals surface area contributed by atoms with Gasteiger partial charge in [0.25, 0.3) is 0 Å². The standard InChI is InChI=1S/C15H14BN3O/c1-16-14-6-5-13(8-11(14)10-20-16)19(3)15-7-4-12(17-2)9-18-15/h4-9H,10H2,1,3H3. The highest BCUT2D eigenvalue weighted by Gasteiger charge is 2.23. The minimum Gasteiger partial charge on any atom is -0.427 e. The second kappa shape index (κ2) is 4.99. The number of aromatic nitrogens is 1. The summed E-state index contributed by atoms with van der Waals surface area (Å²) in [7, 11) is 1.97. The van der Waals surface area contributed by atoms with Gasteiger partial charge in [-0.2, -0.15) is 0 Å². The van der Waals surface area contributed by atoms with Gasteiger partial charge in [0, 0.05) is 18.9 Å². The Morgan fingerprint density at radius 1 is 1.35 bits per heavy atom. The maximum atomic E-state index is 6.95. The summed E-state index contributed by atoms with van der Waals surface area (Å²) in [6, 6.07) is 9.98. The number of benzene rings is 1. The molecule has 0 spiro atoms. The third-order valence-electron chi connectivity index (χ3n) is 3.65. The minimum absolute atomic E-state index is 0.181. The number of anilines is 2. The van der Waals surface area contributed by atoms with Gasteiger partial charge in [0.2, 0.25) is 5.69 Å². The Bertz CT molecular complexity index is 679. The molecule has 0 aliphatic carbocycles. The van der Waals surface area contributed by atoms with Crippen LogP contribution in [-0.4, -0.2) is 18.9 Å². The normalized spacial score (nSPS) is 12.9. The molecule has 1 aromatic heterocycles. The lowest BCUT2D eigenvalue weighted by atomic mass is 9.64. The molecule has 0 unspecified atom stereocenters. The molecule has 1 aromatic carbocycles. The fourth-order valence-electron chi connectivity index (χ4n) is 2.40. The van der Waals surface area contributed by atoms with E-state index in [1.165, 1.54) is 11.0 Å². The molecule has 0 atom stereocenters. The first-order valence-corrected chi connectivity index (χ1v) is 6.50. The van der Waals surface area contributed by atoms with Crippen molar-refractivity contribution >= 4 is 29.6 Å². The summed E-state index contributed by atoms with van der Waals surface area (Å²) in [6.45, 7) is 9.86. The summed E-state index contributed by atoms with van der Waals surface area (Å²) in [6.07, 6.45) is 1.59. The van der Waals surface area contributed by atoms with Crippen molar-refractivity contribution < 1.29 is 4.65 Å². The fraction of sp³-hybridized carbons (Fsp3) is 0.200. The smallest absolute Gasteiger partial charge is 0.324 e. The predicted molar refractivity (Wildman–Crippen MR) is 81.0 cm³/mol. The molecular weight excluding hydrogens is 249 g/mol. The Morgan fingerprint density at radius 2 is 2.20 bits per heavy atom. The quantitative estimate of drug-likeness (QED) is 0.616. The van der Waals surface area contributed by atoms with Crippen LogP contribution in [0.5, 0.6) is 0 Å². The second-order valence-corrected chi connectivity index (χ2v) is 4.88.